The molecule has 0 radical (unpaired) electrons. The van der Waals surface area contributed by atoms with Crippen LogP contribution in [0.2, 0.25) is 0 Å². The Bertz CT molecular complexity index is 310. The van der Waals surface area contributed by atoms with Crippen molar-refractivity contribution in [3.05, 3.63) is 18.3 Å². The van der Waals surface area contributed by atoms with Crippen molar-refractivity contribution in [3.63, 3.8) is 0 Å². The Labute approximate surface area is 71.4 Å². The number of fused-ring (bicyclic) bond motifs is 4. The lowest BCUT2D eigenvalue weighted by molar-refractivity contribution is 0.788. The van der Waals surface area contributed by atoms with Crippen molar-refractivity contribution < 1.29 is 0 Å². The summed E-state index contributed by atoms with van der Waals surface area (Å²) in [5, 5.41) is 3.44. The van der Waals surface area contributed by atoms with Gasteiger partial charge < -0.3 is 10.2 Å². The van der Waals surface area contributed by atoms with Crippen molar-refractivity contribution in [2.24, 2.45) is 0 Å². The van der Waals surface area contributed by atoms with Gasteiger partial charge in [0.1, 0.15) is 5.82 Å². The van der Waals surface area contributed by atoms with Gasteiger partial charge in [-0.05, 0) is 18.6 Å². The van der Waals surface area contributed by atoms with Crippen LogP contribution in [-0.2, 0) is 0 Å². The number of hydrogen-bond donors (Lipinski definition) is 1. The average Bonchev–Trinajstić information content (AvgIpc) is 2.49. The normalized spacial score (nSPS) is 25.0. The quantitative estimate of drug-likeness (QED) is 0.617. The summed E-state index contributed by atoms with van der Waals surface area (Å²) >= 11 is 0. The fraction of sp³-hybridized carbons (Fsp3) is 0.444. The van der Waals surface area contributed by atoms with Crippen LogP contribution < -0.4 is 10.2 Å². The topological polar surface area (TPSA) is 28.2 Å². The molecular formula is C9H11N3. The zero-order chi connectivity index (χ0) is 7.97. The van der Waals surface area contributed by atoms with Crippen molar-refractivity contribution >= 4 is 11.5 Å². The standard InChI is InChI=1S/C9H11N3/c1-2-8-9(10-4-1)11-7-3-5-12(8)6-7/h1-2,4,7H,3,5-6H2,(H,10,11). The van der Waals surface area contributed by atoms with Gasteiger partial charge in [-0.1, -0.05) is 0 Å². The molecule has 1 saturated heterocycles. The van der Waals surface area contributed by atoms with E-state index in [4.69, 9.17) is 0 Å². The highest BCUT2D eigenvalue weighted by Gasteiger charge is 2.29. The number of nitrogens with zero attached hydrogens (tertiary/aromatic N) is 2. The van der Waals surface area contributed by atoms with E-state index in [1.54, 1.807) is 0 Å². The lowest BCUT2D eigenvalue weighted by atomic mass is 10.2. The largest absolute Gasteiger partial charge is 0.366 e. The number of rotatable bonds is 0. The van der Waals surface area contributed by atoms with E-state index in [9.17, 15) is 0 Å². The van der Waals surface area contributed by atoms with Crippen molar-refractivity contribution in [2.45, 2.75) is 12.5 Å². The van der Waals surface area contributed by atoms with Crippen LogP contribution in [0.1, 0.15) is 6.42 Å². The molecule has 3 nitrogen and oxygen atoms in total. The Morgan fingerprint density at radius 1 is 1.58 bits per heavy atom. The molecule has 1 N–H and O–H groups in total. The molecule has 62 valence electrons. The molecule has 1 fully saturated rings. The first-order valence-electron chi connectivity index (χ1n) is 4.40. The Hall–Kier alpha value is -1.25. The van der Waals surface area contributed by atoms with E-state index < -0.39 is 0 Å². The summed E-state index contributed by atoms with van der Waals surface area (Å²) in [4.78, 5) is 6.71. The minimum Gasteiger partial charge on any atom is -0.366 e. The maximum Gasteiger partial charge on any atom is 0.149 e. The molecule has 0 saturated carbocycles. The Morgan fingerprint density at radius 3 is 3.58 bits per heavy atom. The Morgan fingerprint density at radius 2 is 2.58 bits per heavy atom. The maximum atomic E-state index is 4.31. The fourth-order valence-electron chi connectivity index (χ4n) is 2.05. The van der Waals surface area contributed by atoms with Gasteiger partial charge in [-0.25, -0.2) is 4.98 Å². The highest BCUT2D eigenvalue weighted by atomic mass is 15.3. The maximum absolute atomic E-state index is 4.31. The highest BCUT2D eigenvalue weighted by Crippen LogP contribution is 2.32. The molecule has 0 spiro atoms. The first-order chi connectivity index (χ1) is 5.93. The molecule has 0 aromatic carbocycles. The molecule has 12 heavy (non-hydrogen) atoms. The molecule has 0 amide bonds. The Kier molecular flexibility index (Phi) is 1.11. The third-order valence-electron chi connectivity index (χ3n) is 2.66. The molecule has 2 aliphatic rings. The smallest absolute Gasteiger partial charge is 0.149 e. The predicted molar refractivity (Wildman–Crippen MR) is 48.5 cm³/mol. The predicted octanol–water partition coefficient (Wildman–Crippen LogP) is 1.09. The van der Waals surface area contributed by atoms with E-state index >= 15 is 0 Å². The first kappa shape index (κ1) is 6.29. The second-order valence-electron chi connectivity index (χ2n) is 3.45. The molecular weight excluding hydrogens is 150 g/mol. The van der Waals surface area contributed by atoms with Crippen molar-refractivity contribution in [2.75, 3.05) is 23.3 Å². The van der Waals surface area contributed by atoms with Crippen LogP contribution in [0.3, 0.4) is 0 Å². The summed E-state index contributed by atoms with van der Waals surface area (Å²) in [6.07, 6.45) is 3.09. The lowest BCUT2D eigenvalue weighted by Crippen LogP contribution is -2.32. The number of anilines is 2. The van der Waals surface area contributed by atoms with E-state index in [0.29, 0.717) is 6.04 Å². The molecule has 1 unspecified atom stereocenters. The van der Waals surface area contributed by atoms with Gasteiger partial charge in [0.05, 0.1) is 5.69 Å². The van der Waals surface area contributed by atoms with Crippen LogP contribution in [0.4, 0.5) is 11.5 Å². The van der Waals surface area contributed by atoms with Crippen molar-refractivity contribution in [3.8, 4) is 0 Å². The van der Waals surface area contributed by atoms with Crippen LogP contribution >= 0.6 is 0 Å². The van der Waals surface area contributed by atoms with Gasteiger partial charge >= 0.3 is 0 Å². The molecule has 3 heteroatoms. The molecule has 1 aromatic rings. The minimum absolute atomic E-state index is 0.632. The van der Waals surface area contributed by atoms with Crippen LogP contribution in [0.15, 0.2) is 18.3 Å². The van der Waals surface area contributed by atoms with E-state index in [1.165, 1.54) is 18.7 Å². The minimum atomic E-state index is 0.632. The summed E-state index contributed by atoms with van der Waals surface area (Å²) in [6.45, 7) is 2.33. The van der Waals surface area contributed by atoms with E-state index in [-0.39, 0.29) is 0 Å². The zero-order valence-corrected chi connectivity index (χ0v) is 6.83. The molecule has 3 heterocycles. The highest BCUT2D eigenvalue weighted by molar-refractivity contribution is 5.69. The third-order valence-corrected chi connectivity index (χ3v) is 2.66. The molecule has 0 aliphatic carbocycles. The first-order valence-corrected chi connectivity index (χ1v) is 4.40. The van der Waals surface area contributed by atoms with Crippen LogP contribution in [-0.4, -0.2) is 24.1 Å². The van der Waals surface area contributed by atoms with E-state index in [2.05, 4.69) is 21.3 Å². The molecule has 2 bridgehead atoms. The number of pyridine rings is 1. The van der Waals surface area contributed by atoms with Gasteiger partial charge in [-0.2, -0.15) is 0 Å². The molecule has 3 rings (SSSR count). The fourth-order valence-corrected chi connectivity index (χ4v) is 2.05. The second kappa shape index (κ2) is 2.12. The third kappa shape index (κ3) is 0.734. The van der Waals surface area contributed by atoms with Crippen molar-refractivity contribution in [1.29, 1.82) is 0 Å². The summed E-state index contributed by atoms with van der Waals surface area (Å²) < 4.78 is 0. The van der Waals surface area contributed by atoms with E-state index in [0.717, 1.165) is 12.4 Å². The number of nitrogens with one attached hydrogen (secondary N) is 1. The average molecular weight is 161 g/mol. The number of hydrogen-bond acceptors (Lipinski definition) is 3. The summed E-state index contributed by atoms with van der Waals surface area (Å²) in [5.74, 6) is 1.06. The van der Waals surface area contributed by atoms with Crippen LogP contribution in [0.5, 0.6) is 0 Å². The van der Waals surface area contributed by atoms with Gasteiger partial charge in [0.15, 0.2) is 0 Å². The summed E-state index contributed by atoms with van der Waals surface area (Å²) in [5.41, 5.74) is 1.27. The SMILES string of the molecule is c1cnc2c(c1)N1CCC(C1)N2. The monoisotopic (exact) mass is 161 g/mol. The molecule has 1 atom stereocenters. The summed E-state index contributed by atoms with van der Waals surface area (Å²) in [6, 6.07) is 4.77. The van der Waals surface area contributed by atoms with Gasteiger partial charge in [0.2, 0.25) is 0 Å². The summed E-state index contributed by atoms with van der Waals surface area (Å²) in [7, 11) is 0. The Balaban J connectivity index is 2.13. The number of aromatic nitrogens is 1. The van der Waals surface area contributed by atoms with Crippen LogP contribution in [0.25, 0.3) is 0 Å². The zero-order valence-electron chi connectivity index (χ0n) is 6.83. The molecule has 2 aliphatic heterocycles. The molecule has 1 aromatic heterocycles. The van der Waals surface area contributed by atoms with Gasteiger partial charge in [-0.3, -0.25) is 0 Å². The van der Waals surface area contributed by atoms with Crippen molar-refractivity contribution in [1.82, 2.24) is 4.98 Å². The van der Waals surface area contributed by atoms with Gasteiger partial charge in [-0.15, -0.1) is 0 Å². The van der Waals surface area contributed by atoms with Crippen LogP contribution in [0, 0.1) is 0 Å². The second-order valence-corrected chi connectivity index (χ2v) is 3.45. The van der Waals surface area contributed by atoms with Gasteiger partial charge in [0.25, 0.3) is 0 Å². The van der Waals surface area contributed by atoms with E-state index in [1.807, 2.05) is 12.3 Å². The van der Waals surface area contributed by atoms with Gasteiger partial charge in [0, 0.05) is 25.3 Å². The lowest BCUT2D eigenvalue weighted by Gasteiger charge is -2.27.